The van der Waals surface area contributed by atoms with E-state index in [1.54, 1.807) is 0 Å². The van der Waals surface area contributed by atoms with E-state index in [0.29, 0.717) is 19.3 Å². The van der Waals surface area contributed by atoms with Crippen LogP contribution in [0.2, 0.25) is 0 Å². The van der Waals surface area contributed by atoms with Gasteiger partial charge in [-0.3, -0.25) is 9.59 Å². The number of carbonyl (C=O) groups is 3. The van der Waals surface area contributed by atoms with Crippen LogP contribution in [-0.2, 0) is 14.4 Å². The Morgan fingerprint density at radius 2 is 0.946 bits per heavy atom. The van der Waals surface area contributed by atoms with Crippen molar-refractivity contribution < 1.29 is 34.2 Å². The van der Waals surface area contributed by atoms with E-state index in [1.807, 2.05) is 0 Å². The maximum Gasteiger partial charge on any atom is 0.303 e. The van der Waals surface area contributed by atoms with Crippen molar-refractivity contribution in [2.45, 2.75) is 135 Å². The Balaban J connectivity index is 4.66. The summed E-state index contributed by atoms with van der Waals surface area (Å²) < 4.78 is 0.827. The molecule has 0 bridgehead atoms. The van der Waals surface area contributed by atoms with E-state index in [1.165, 1.54) is 44.9 Å². The summed E-state index contributed by atoms with van der Waals surface area (Å²) in [5.74, 6) is -2.59. The van der Waals surface area contributed by atoms with Crippen molar-refractivity contribution in [3.8, 4) is 0 Å². The number of carboxylic acid groups (broad SMARTS) is 3. The molecule has 37 heavy (non-hydrogen) atoms. The molecule has 0 spiro atoms. The summed E-state index contributed by atoms with van der Waals surface area (Å²) in [7, 11) is 0. The topological polar surface area (TPSA) is 115 Å². The zero-order chi connectivity index (χ0) is 27.6. The minimum atomic E-state index is -1.02. The number of quaternary nitrogens is 1. The molecule has 0 radical (unpaired) electrons. The van der Waals surface area contributed by atoms with Crippen molar-refractivity contribution in [3.05, 3.63) is 12.2 Å². The summed E-state index contributed by atoms with van der Waals surface area (Å²) in [6, 6.07) is 0. The average molecular weight is 526 g/mol. The van der Waals surface area contributed by atoms with Crippen molar-refractivity contribution in [3.63, 3.8) is 0 Å². The summed E-state index contributed by atoms with van der Waals surface area (Å²) in [5, 5.41) is 28.8. The molecular formula is C30H55NO6. The van der Waals surface area contributed by atoms with Gasteiger partial charge in [0.2, 0.25) is 0 Å². The predicted octanol–water partition coefficient (Wildman–Crippen LogP) is 6.10. The monoisotopic (exact) mass is 525 g/mol. The highest BCUT2D eigenvalue weighted by Crippen LogP contribution is 2.19. The smallest absolute Gasteiger partial charge is 0.303 e. The molecule has 7 heteroatoms. The summed E-state index contributed by atoms with van der Waals surface area (Å²) in [4.78, 5) is 32.8. The minimum Gasteiger partial charge on any atom is -0.550 e. The van der Waals surface area contributed by atoms with Gasteiger partial charge in [-0.2, -0.15) is 0 Å². The second-order valence-electron chi connectivity index (χ2n) is 10.6. The second kappa shape index (κ2) is 24.4. The normalized spacial score (nSPS) is 11.8. The molecule has 0 unspecified atom stereocenters. The molecule has 0 aliphatic rings. The zero-order valence-corrected chi connectivity index (χ0v) is 23.6. The maximum atomic E-state index is 11.0. The maximum absolute atomic E-state index is 11.0. The number of allylic oxidation sites excluding steroid dienone is 2. The molecule has 2 N–H and O–H groups in total. The van der Waals surface area contributed by atoms with E-state index in [9.17, 15) is 19.5 Å². The van der Waals surface area contributed by atoms with Gasteiger partial charge in [0, 0.05) is 18.8 Å². The first-order valence-electron chi connectivity index (χ1n) is 14.9. The zero-order valence-electron chi connectivity index (χ0n) is 23.6. The number of aliphatic carboxylic acids is 3. The quantitative estimate of drug-likeness (QED) is 0.0724. The molecule has 0 heterocycles. The molecule has 0 aliphatic carbocycles. The largest absolute Gasteiger partial charge is 0.550 e. The third-order valence-electron chi connectivity index (χ3n) is 7.20. The van der Waals surface area contributed by atoms with E-state index in [-0.39, 0.29) is 19.3 Å². The summed E-state index contributed by atoms with van der Waals surface area (Å²) in [6.07, 6.45) is 22.9. The first-order chi connectivity index (χ1) is 17.8. The number of hydrogen-bond acceptors (Lipinski definition) is 4. The molecule has 0 saturated heterocycles. The highest BCUT2D eigenvalue weighted by molar-refractivity contribution is 5.66. The molecule has 0 aromatic carbocycles. The van der Waals surface area contributed by atoms with Gasteiger partial charge in [-0.1, -0.05) is 57.6 Å². The Hall–Kier alpha value is -1.89. The number of nitrogens with zero attached hydrogens (tertiary/aromatic N) is 1. The van der Waals surface area contributed by atoms with Crippen LogP contribution in [0.4, 0.5) is 0 Å². The van der Waals surface area contributed by atoms with Crippen molar-refractivity contribution in [2.24, 2.45) is 0 Å². The lowest BCUT2D eigenvalue weighted by Gasteiger charge is -2.39. The first-order valence-corrected chi connectivity index (χ1v) is 14.9. The third-order valence-corrected chi connectivity index (χ3v) is 7.20. The molecule has 0 rings (SSSR count). The highest BCUT2D eigenvalue weighted by Gasteiger charge is 2.26. The lowest BCUT2D eigenvalue weighted by molar-refractivity contribution is -0.929. The standard InChI is InChI=1S/C30H55NO6/c1-2-3-4-5-6-7-8-9-10-11-12-13-17-24-31(25-18-14-21-28(32)33,26-19-15-22-29(34)35)27-20-16-23-30(36)37/h10-11H,2-9,12-27H2,1H3,(H2-,32,33,34,35,36,37)/b11-10+. The van der Waals surface area contributed by atoms with E-state index in [4.69, 9.17) is 10.2 Å². The van der Waals surface area contributed by atoms with E-state index in [2.05, 4.69) is 19.1 Å². The minimum absolute atomic E-state index is 0.0571. The summed E-state index contributed by atoms with van der Waals surface area (Å²) >= 11 is 0. The number of carboxylic acids is 3. The third kappa shape index (κ3) is 24.2. The van der Waals surface area contributed by atoms with Crippen LogP contribution >= 0.6 is 0 Å². The fourth-order valence-corrected chi connectivity index (χ4v) is 5.00. The molecule has 0 aromatic heterocycles. The molecule has 0 fully saturated rings. The Labute approximate surface area is 225 Å². The fourth-order valence-electron chi connectivity index (χ4n) is 5.00. The van der Waals surface area contributed by atoms with Crippen molar-refractivity contribution >= 4 is 17.9 Å². The van der Waals surface area contributed by atoms with Crippen LogP contribution in [0.25, 0.3) is 0 Å². The van der Waals surface area contributed by atoms with Gasteiger partial charge in [0.25, 0.3) is 0 Å². The number of hydrogen-bond donors (Lipinski definition) is 2. The molecular weight excluding hydrogens is 470 g/mol. The Kier molecular flexibility index (Phi) is 23.2. The summed E-state index contributed by atoms with van der Waals surface area (Å²) in [6.45, 7) is 5.78. The van der Waals surface area contributed by atoms with Gasteiger partial charge in [-0.05, 0) is 77.0 Å². The molecule has 0 aliphatic heterocycles. The fraction of sp³-hybridized carbons (Fsp3) is 0.833. The Morgan fingerprint density at radius 3 is 1.38 bits per heavy atom. The van der Waals surface area contributed by atoms with Gasteiger partial charge in [0.1, 0.15) is 0 Å². The molecule has 216 valence electrons. The van der Waals surface area contributed by atoms with Crippen LogP contribution in [0.1, 0.15) is 135 Å². The highest BCUT2D eigenvalue weighted by atomic mass is 16.4. The van der Waals surface area contributed by atoms with Crippen molar-refractivity contribution in [1.29, 1.82) is 0 Å². The second-order valence-corrected chi connectivity index (χ2v) is 10.6. The van der Waals surface area contributed by atoms with Gasteiger partial charge in [-0.25, -0.2) is 0 Å². The van der Waals surface area contributed by atoms with Crippen LogP contribution in [0.3, 0.4) is 0 Å². The van der Waals surface area contributed by atoms with Gasteiger partial charge in [0.05, 0.1) is 26.2 Å². The van der Waals surface area contributed by atoms with Crippen LogP contribution < -0.4 is 5.11 Å². The van der Waals surface area contributed by atoms with E-state index in [0.717, 1.165) is 75.6 Å². The van der Waals surface area contributed by atoms with Gasteiger partial charge < -0.3 is 24.6 Å². The number of rotatable bonds is 28. The van der Waals surface area contributed by atoms with Crippen LogP contribution in [0, 0.1) is 0 Å². The Morgan fingerprint density at radius 1 is 0.568 bits per heavy atom. The van der Waals surface area contributed by atoms with Crippen molar-refractivity contribution in [2.75, 3.05) is 26.2 Å². The summed E-state index contributed by atoms with van der Waals surface area (Å²) in [5.41, 5.74) is 0. The Bertz CT molecular complexity index is 564. The van der Waals surface area contributed by atoms with Gasteiger partial charge >= 0.3 is 11.9 Å². The molecule has 0 saturated carbocycles. The number of carbonyl (C=O) groups excluding carboxylic acids is 1. The SMILES string of the molecule is CCCCCCCCC/C=C/CCCC[N+](CCCCC(=O)[O-])(CCCCC(=O)O)CCCCC(=O)O. The molecule has 7 nitrogen and oxygen atoms in total. The lowest BCUT2D eigenvalue weighted by atomic mass is 10.1. The first kappa shape index (κ1) is 35.1. The van der Waals surface area contributed by atoms with E-state index >= 15 is 0 Å². The molecule has 0 atom stereocenters. The van der Waals surface area contributed by atoms with Crippen LogP contribution in [0.5, 0.6) is 0 Å². The van der Waals surface area contributed by atoms with Gasteiger partial charge in [0.15, 0.2) is 0 Å². The lowest BCUT2D eigenvalue weighted by Crippen LogP contribution is -2.51. The molecule has 0 amide bonds. The van der Waals surface area contributed by atoms with Gasteiger partial charge in [-0.15, -0.1) is 0 Å². The van der Waals surface area contributed by atoms with Crippen LogP contribution in [-0.4, -0.2) is 58.8 Å². The predicted molar refractivity (Wildman–Crippen MR) is 147 cm³/mol. The molecule has 0 aromatic rings. The number of unbranched alkanes of at least 4 members (excludes halogenated alkanes) is 12. The van der Waals surface area contributed by atoms with Crippen molar-refractivity contribution in [1.82, 2.24) is 0 Å². The van der Waals surface area contributed by atoms with E-state index < -0.39 is 17.9 Å². The van der Waals surface area contributed by atoms with Crippen LogP contribution in [0.15, 0.2) is 12.2 Å². The average Bonchev–Trinajstić information content (AvgIpc) is 2.84.